The maximum atomic E-state index is 12.8. The van der Waals surface area contributed by atoms with Crippen LogP contribution in [0, 0.1) is 5.92 Å². The molecular formula is C21H25N5O2. The number of aromatic nitrogens is 2. The van der Waals surface area contributed by atoms with Crippen molar-refractivity contribution in [2.24, 2.45) is 5.92 Å². The summed E-state index contributed by atoms with van der Waals surface area (Å²) in [6.07, 6.45) is 2.03. The van der Waals surface area contributed by atoms with Crippen molar-refractivity contribution >= 4 is 11.7 Å². The minimum absolute atomic E-state index is 0.0191. The van der Waals surface area contributed by atoms with Crippen LogP contribution >= 0.6 is 0 Å². The summed E-state index contributed by atoms with van der Waals surface area (Å²) in [5.74, 6) is 1.42. The highest BCUT2D eigenvalue weighted by Gasteiger charge is 2.37. The molecule has 7 nitrogen and oxygen atoms in total. The van der Waals surface area contributed by atoms with Crippen molar-refractivity contribution in [3.63, 3.8) is 0 Å². The third-order valence-electron chi connectivity index (χ3n) is 6.44. The SMILES string of the molecule is CN1CCc2ccc(C(=O)NC[C@H]3[C@@H]4CNC[C@@H](C4)c4cccc(=O)n43)nc21. The summed E-state index contributed by atoms with van der Waals surface area (Å²) >= 11 is 0. The van der Waals surface area contributed by atoms with Gasteiger partial charge in [0.1, 0.15) is 11.5 Å². The molecule has 0 aliphatic carbocycles. The fourth-order valence-corrected chi connectivity index (χ4v) is 4.98. The van der Waals surface area contributed by atoms with Crippen LogP contribution in [0.3, 0.4) is 0 Å². The lowest BCUT2D eigenvalue weighted by molar-refractivity contribution is 0.0927. The Morgan fingerprint density at radius 2 is 2.18 bits per heavy atom. The van der Waals surface area contributed by atoms with E-state index in [2.05, 4.69) is 20.5 Å². The van der Waals surface area contributed by atoms with Crippen molar-refractivity contribution < 1.29 is 4.79 Å². The number of nitrogens with zero attached hydrogens (tertiary/aromatic N) is 3. The molecule has 0 radical (unpaired) electrons. The van der Waals surface area contributed by atoms with E-state index in [0.717, 1.165) is 44.0 Å². The number of anilines is 1. The summed E-state index contributed by atoms with van der Waals surface area (Å²) in [6, 6.07) is 9.26. The predicted octanol–water partition coefficient (Wildman–Crippen LogP) is 0.913. The summed E-state index contributed by atoms with van der Waals surface area (Å²) in [5.41, 5.74) is 2.72. The van der Waals surface area contributed by atoms with E-state index in [9.17, 15) is 9.59 Å². The molecule has 2 aromatic heterocycles. The number of carbonyl (C=O) groups excluding carboxylic acids is 1. The van der Waals surface area contributed by atoms with Crippen molar-refractivity contribution in [3.8, 4) is 0 Å². The van der Waals surface area contributed by atoms with Crippen molar-refractivity contribution in [2.45, 2.75) is 24.8 Å². The molecule has 5 heterocycles. The van der Waals surface area contributed by atoms with Gasteiger partial charge < -0.3 is 20.1 Å². The number of fused-ring (bicyclic) bond motifs is 5. The Morgan fingerprint density at radius 3 is 3.07 bits per heavy atom. The Labute approximate surface area is 163 Å². The highest BCUT2D eigenvalue weighted by atomic mass is 16.2. The van der Waals surface area contributed by atoms with E-state index in [1.807, 2.05) is 29.8 Å². The van der Waals surface area contributed by atoms with E-state index in [1.54, 1.807) is 12.1 Å². The maximum Gasteiger partial charge on any atom is 0.270 e. The second-order valence-corrected chi connectivity index (χ2v) is 8.14. The number of piperidine rings is 1. The number of likely N-dealkylation sites (N-methyl/N-ethyl adjacent to an activating group) is 1. The largest absolute Gasteiger partial charge is 0.359 e. The van der Waals surface area contributed by atoms with Gasteiger partial charge in [-0.1, -0.05) is 12.1 Å². The van der Waals surface area contributed by atoms with Crippen LogP contribution in [0.4, 0.5) is 5.82 Å². The number of nitrogens with one attached hydrogen (secondary N) is 2. The molecule has 3 atom stereocenters. The third kappa shape index (κ3) is 2.81. The average Bonchev–Trinajstić information content (AvgIpc) is 3.09. The zero-order valence-electron chi connectivity index (χ0n) is 16.0. The van der Waals surface area contributed by atoms with Crippen LogP contribution in [0.1, 0.15) is 40.1 Å². The van der Waals surface area contributed by atoms with Gasteiger partial charge in [0.25, 0.3) is 11.5 Å². The first-order chi connectivity index (χ1) is 13.6. The van der Waals surface area contributed by atoms with Crippen LogP contribution in [-0.2, 0) is 6.42 Å². The summed E-state index contributed by atoms with van der Waals surface area (Å²) in [4.78, 5) is 32.0. The van der Waals surface area contributed by atoms with Gasteiger partial charge in [-0.15, -0.1) is 0 Å². The summed E-state index contributed by atoms with van der Waals surface area (Å²) in [5, 5.41) is 6.52. The van der Waals surface area contributed by atoms with Crippen molar-refractivity contribution in [1.29, 1.82) is 0 Å². The molecular weight excluding hydrogens is 354 g/mol. The second kappa shape index (κ2) is 6.74. The Morgan fingerprint density at radius 1 is 1.29 bits per heavy atom. The zero-order valence-corrected chi connectivity index (χ0v) is 16.0. The molecule has 0 spiro atoms. The van der Waals surface area contributed by atoms with Crippen molar-refractivity contribution in [1.82, 2.24) is 20.2 Å². The number of hydrogen-bond acceptors (Lipinski definition) is 5. The third-order valence-corrected chi connectivity index (χ3v) is 6.44. The molecule has 3 aliphatic rings. The van der Waals surface area contributed by atoms with Gasteiger partial charge >= 0.3 is 0 Å². The van der Waals surface area contributed by atoms with Crippen molar-refractivity contribution in [3.05, 3.63) is 57.6 Å². The summed E-state index contributed by atoms with van der Waals surface area (Å²) < 4.78 is 1.91. The minimum atomic E-state index is -0.181. The molecule has 1 amide bonds. The van der Waals surface area contributed by atoms with Crippen LogP contribution in [0.15, 0.2) is 35.1 Å². The van der Waals surface area contributed by atoms with E-state index in [0.29, 0.717) is 24.1 Å². The van der Waals surface area contributed by atoms with E-state index < -0.39 is 0 Å². The van der Waals surface area contributed by atoms with Gasteiger partial charge in [-0.05, 0) is 36.5 Å². The maximum absolute atomic E-state index is 12.8. The van der Waals surface area contributed by atoms with Gasteiger partial charge in [0, 0.05) is 50.9 Å². The first-order valence-corrected chi connectivity index (χ1v) is 10.0. The molecule has 0 aromatic carbocycles. The first-order valence-electron chi connectivity index (χ1n) is 10.0. The predicted molar refractivity (Wildman–Crippen MR) is 107 cm³/mol. The Hall–Kier alpha value is -2.67. The van der Waals surface area contributed by atoms with E-state index in [4.69, 9.17) is 0 Å². The lowest BCUT2D eigenvalue weighted by Gasteiger charge is -2.43. The normalized spacial score (nSPS) is 25.2. The molecule has 28 heavy (non-hydrogen) atoms. The van der Waals surface area contributed by atoms with Crippen molar-refractivity contribution in [2.75, 3.05) is 38.1 Å². The number of rotatable bonds is 3. The van der Waals surface area contributed by atoms with Crippen LogP contribution in [0.25, 0.3) is 0 Å². The summed E-state index contributed by atoms with van der Waals surface area (Å²) in [6.45, 7) is 3.15. The average molecular weight is 379 g/mol. The molecule has 1 fully saturated rings. The van der Waals surface area contributed by atoms with Gasteiger partial charge in [0.2, 0.25) is 0 Å². The van der Waals surface area contributed by atoms with Crippen LogP contribution < -0.4 is 21.1 Å². The molecule has 2 N–H and O–H groups in total. The molecule has 0 unspecified atom stereocenters. The number of hydrogen-bond donors (Lipinski definition) is 2. The fraction of sp³-hybridized carbons (Fsp3) is 0.476. The van der Waals surface area contributed by atoms with E-state index in [1.165, 1.54) is 5.56 Å². The molecule has 146 valence electrons. The highest BCUT2D eigenvalue weighted by molar-refractivity contribution is 5.92. The molecule has 3 aliphatic heterocycles. The highest BCUT2D eigenvalue weighted by Crippen LogP contribution is 2.38. The van der Waals surface area contributed by atoms with Gasteiger partial charge in [-0.25, -0.2) is 4.98 Å². The topological polar surface area (TPSA) is 79.3 Å². The zero-order chi connectivity index (χ0) is 19.3. The Bertz CT molecular complexity index is 985. The molecule has 2 bridgehead atoms. The van der Waals surface area contributed by atoms with E-state index in [-0.39, 0.29) is 17.5 Å². The van der Waals surface area contributed by atoms with Crippen LogP contribution in [0.5, 0.6) is 0 Å². The smallest absolute Gasteiger partial charge is 0.270 e. The van der Waals surface area contributed by atoms with Gasteiger partial charge in [-0.2, -0.15) is 0 Å². The first kappa shape index (κ1) is 17.4. The molecule has 5 rings (SSSR count). The van der Waals surface area contributed by atoms with Gasteiger partial charge in [0.05, 0.1) is 6.04 Å². The molecule has 7 heteroatoms. The lowest BCUT2D eigenvalue weighted by Crippen LogP contribution is -2.50. The molecule has 0 saturated carbocycles. The quantitative estimate of drug-likeness (QED) is 0.829. The Kier molecular flexibility index (Phi) is 4.19. The Balaban J connectivity index is 1.38. The van der Waals surface area contributed by atoms with E-state index >= 15 is 0 Å². The van der Waals surface area contributed by atoms with Crippen LogP contribution in [0.2, 0.25) is 0 Å². The summed E-state index contributed by atoms with van der Waals surface area (Å²) in [7, 11) is 2.00. The molecule has 2 aromatic rings. The van der Waals surface area contributed by atoms with Gasteiger partial charge in [0.15, 0.2) is 0 Å². The standard InChI is InChI=1S/C21H25N5O2/c1-25-8-7-13-5-6-16(24-20(13)25)21(28)23-12-18-15-9-14(10-22-11-15)17-3-2-4-19(27)26(17)18/h2-6,14-15,18,22H,7-12H2,1H3,(H,23,28)/t14-,15+,18+/m1/s1. The number of amides is 1. The minimum Gasteiger partial charge on any atom is -0.359 e. The van der Waals surface area contributed by atoms with Crippen LogP contribution in [-0.4, -0.2) is 48.7 Å². The monoisotopic (exact) mass is 379 g/mol. The number of pyridine rings is 2. The molecule has 1 saturated heterocycles. The van der Waals surface area contributed by atoms with Gasteiger partial charge in [-0.3, -0.25) is 9.59 Å². The fourth-order valence-electron chi connectivity index (χ4n) is 4.98. The lowest BCUT2D eigenvalue weighted by atomic mass is 9.79. The number of carbonyl (C=O) groups is 1. The second-order valence-electron chi connectivity index (χ2n) is 8.14.